The molecule has 5 atom stereocenters. The molecule has 0 aromatic rings. The van der Waals surface area contributed by atoms with Crippen molar-refractivity contribution in [2.24, 2.45) is 0 Å². The van der Waals surface area contributed by atoms with Gasteiger partial charge in [-0.25, -0.2) is 0 Å². The second-order valence-corrected chi connectivity index (χ2v) is 8.32. The van der Waals surface area contributed by atoms with Crippen LogP contribution in [0.25, 0.3) is 0 Å². The molecule has 2 aliphatic carbocycles. The Hall–Kier alpha value is -0.240. The van der Waals surface area contributed by atoms with E-state index < -0.39 is 23.8 Å². The lowest BCUT2D eigenvalue weighted by Crippen LogP contribution is -2.78. The highest BCUT2D eigenvalue weighted by atomic mass is 16.9. The summed E-state index contributed by atoms with van der Waals surface area (Å²) in [5.74, 6) is -1.96. The maximum absolute atomic E-state index is 10.9. The van der Waals surface area contributed by atoms with Crippen LogP contribution in [0.2, 0.25) is 0 Å². The number of hydrogen-bond acceptors (Lipinski definition) is 6. The Balaban J connectivity index is 1.44. The molecular weight excluding hydrogens is 312 g/mol. The van der Waals surface area contributed by atoms with E-state index in [2.05, 4.69) is 0 Å². The lowest BCUT2D eigenvalue weighted by molar-refractivity contribution is -0.427. The Morgan fingerprint density at radius 2 is 1.46 bits per heavy atom. The zero-order valence-corrected chi connectivity index (χ0v) is 14.1. The Bertz CT molecular complexity index is 498. The first-order chi connectivity index (χ1) is 11.6. The third-order valence-electron chi connectivity index (χ3n) is 6.83. The number of ether oxygens (including phenoxy) is 4. The largest absolute Gasteiger partial charge is 0.391 e. The van der Waals surface area contributed by atoms with Crippen molar-refractivity contribution in [3.05, 3.63) is 0 Å². The van der Waals surface area contributed by atoms with Crippen LogP contribution in [0.3, 0.4) is 0 Å². The maximum Gasteiger partial charge on any atom is 0.224 e. The maximum atomic E-state index is 10.9. The van der Waals surface area contributed by atoms with Crippen LogP contribution in [0.4, 0.5) is 0 Å². The molecule has 3 aliphatic heterocycles. The van der Waals surface area contributed by atoms with Gasteiger partial charge in [0.1, 0.15) is 31.0 Å². The van der Waals surface area contributed by atoms with Crippen molar-refractivity contribution in [3.63, 3.8) is 0 Å². The minimum Gasteiger partial charge on any atom is -0.391 e. The van der Waals surface area contributed by atoms with Crippen LogP contribution < -0.4 is 0 Å². The number of aliphatic hydroxyl groups is 2. The normalized spacial score (nSPS) is 48.8. The van der Waals surface area contributed by atoms with E-state index in [1.807, 2.05) is 0 Å². The summed E-state index contributed by atoms with van der Waals surface area (Å²) < 4.78 is 25.0. The molecule has 0 amide bonds. The summed E-state index contributed by atoms with van der Waals surface area (Å²) in [7, 11) is 0. The molecular formula is C18H28O6. The molecule has 2 spiro atoms. The van der Waals surface area contributed by atoms with E-state index in [-0.39, 0.29) is 24.4 Å². The molecule has 24 heavy (non-hydrogen) atoms. The van der Waals surface area contributed by atoms with E-state index in [0.717, 1.165) is 51.4 Å². The molecule has 0 radical (unpaired) electrons. The van der Waals surface area contributed by atoms with E-state index in [9.17, 15) is 10.2 Å². The molecule has 136 valence electrons. The van der Waals surface area contributed by atoms with E-state index in [1.54, 1.807) is 0 Å². The van der Waals surface area contributed by atoms with Crippen molar-refractivity contribution in [2.75, 3.05) is 6.61 Å². The average molecular weight is 340 g/mol. The van der Waals surface area contributed by atoms with E-state index in [0.29, 0.717) is 0 Å². The van der Waals surface area contributed by atoms with Gasteiger partial charge in [-0.05, 0) is 25.7 Å². The van der Waals surface area contributed by atoms with Crippen LogP contribution in [-0.2, 0) is 18.9 Å². The standard InChI is InChI=1S/C18H28O6/c19-11-18-14(22-17(24-18)9-5-2-6-10-17)12(20)13-15(23-18)16(21-13)7-3-1-4-8-16/h12-15,19-20H,1-11H2/t12-,13-,14+,15+,18+/m0/s1. The van der Waals surface area contributed by atoms with Gasteiger partial charge in [-0.3, -0.25) is 0 Å². The molecule has 0 aromatic carbocycles. The lowest BCUT2D eigenvalue weighted by Gasteiger charge is -2.62. The van der Waals surface area contributed by atoms with Gasteiger partial charge in [-0.2, -0.15) is 0 Å². The SMILES string of the molecule is OC[C@]12O[C@@H]3[C@@H](OC34CCCCC4)[C@H](O)[C@H]1OC1(CCCCC1)O2. The van der Waals surface area contributed by atoms with Gasteiger partial charge in [0, 0.05) is 12.8 Å². The third kappa shape index (κ3) is 2.04. The summed E-state index contributed by atoms with van der Waals surface area (Å²) >= 11 is 0. The summed E-state index contributed by atoms with van der Waals surface area (Å²) in [6, 6.07) is 0. The number of hydrogen-bond donors (Lipinski definition) is 2. The summed E-state index contributed by atoms with van der Waals surface area (Å²) in [6.07, 6.45) is 8.16. The fraction of sp³-hybridized carbons (Fsp3) is 1.00. The number of fused-ring (bicyclic) bond motifs is 3. The van der Waals surface area contributed by atoms with Crippen LogP contribution >= 0.6 is 0 Å². The van der Waals surface area contributed by atoms with Crippen molar-refractivity contribution >= 4 is 0 Å². The lowest BCUT2D eigenvalue weighted by atomic mass is 9.70. The summed E-state index contributed by atoms with van der Waals surface area (Å²) in [5.41, 5.74) is -0.303. The Kier molecular flexibility index (Phi) is 3.58. The first-order valence-electron chi connectivity index (χ1n) is 9.65. The fourth-order valence-electron chi connectivity index (χ4n) is 5.60. The highest BCUT2D eigenvalue weighted by Gasteiger charge is 2.72. The zero-order chi connectivity index (χ0) is 16.4. The highest BCUT2D eigenvalue weighted by Crippen LogP contribution is 2.56. The van der Waals surface area contributed by atoms with Gasteiger partial charge in [0.05, 0.1) is 5.60 Å². The molecule has 0 bridgehead atoms. The summed E-state index contributed by atoms with van der Waals surface area (Å²) in [4.78, 5) is 0. The van der Waals surface area contributed by atoms with E-state index >= 15 is 0 Å². The molecule has 3 saturated heterocycles. The predicted molar refractivity (Wildman–Crippen MR) is 83.2 cm³/mol. The number of aliphatic hydroxyl groups excluding tert-OH is 2. The molecule has 2 N–H and O–H groups in total. The smallest absolute Gasteiger partial charge is 0.224 e. The fourth-order valence-corrected chi connectivity index (χ4v) is 5.60. The molecule has 3 heterocycles. The van der Waals surface area contributed by atoms with E-state index in [4.69, 9.17) is 18.9 Å². The minimum absolute atomic E-state index is 0.210. The van der Waals surface area contributed by atoms with Crippen LogP contribution in [0.15, 0.2) is 0 Å². The van der Waals surface area contributed by atoms with Crippen LogP contribution in [0.5, 0.6) is 0 Å². The molecule has 5 aliphatic rings. The van der Waals surface area contributed by atoms with Gasteiger partial charge in [-0.15, -0.1) is 0 Å². The van der Waals surface area contributed by atoms with Gasteiger partial charge < -0.3 is 29.2 Å². The van der Waals surface area contributed by atoms with Crippen molar-refractivity contribution in [3.8, 4) is 0 Å². The second kappa shape index (κ2) is 5.38. The van der Waals surface area contributed by atoms with Gasteiger partial charge in [0.15, 0.2) is 5.79 Å². The van der Waals surface area contributed by atoms with Gasteiger partial charge in [0.25, 0.3) is 0 Å². The Morgan fingerprint density at radius 3 is 2.12 bits per heavy atom. The first kappa shape index (κ1) is 16.0. The Morgan fingerprint density at radius 1 is 0.792 bits per heavy atom. The van der Waals surface area contributed by atoms with Crippen molar-refractivity contribution in [2.45, 2.75) is 106 Å². The summed E-state index contributed by atoms with van der Waals surface area (Å²) in [5, 5.41) is 21.0. The quantitative estimate of drug-likeness (QED) is 0.755. The van der Waals surface area contributed by atoms with Crippen LogP contribution in [-0.4, -0.2) is 58.4 Å². The van der Waals surface area contributed by atoms with Gasteiger partial charge >= 0.3 is 0 Å². The molecule has 6 nitrogen and oxygen atoms in total. The topological polar surface area (TPSA) is 77.4 Å². The minimum atomic E-state index is -1.24. The van der Waals surface area contributed by atoms with Crippen molar-refractivity contribution < 1.29 is 29.2 Å². The third-order valence-corrected chi connectivity index (χ3v) is 6.83. The molecule has 2 saturated carbocycles. The molecule has 0 aromatic heterocycles. The van der Waals surface area contributed by atoms with Crippen molar-refractivity contribution in [1.29, 1.82) is 0 Å². The van der Waals surface area contributed by atoms with Crippen molar-refractivity contribution in [1.82, 2.24) is 0 Å². The molecule has 0 unspecified atom stereocenters. The number of rotatable bonds is 1. The average Bonchev–Trinajstić information content (AvgIpc) is 2.93. The Labute approximate surface area is 142 Å². The van der Waals surface area contributed by atoms with Crippen LogP contribution in [0, 0.1) is 0 Å². The highest BCUT2D eigenvalue weighted by molar-refractivity contribution is 5.15. The second-order valence-electron chi connectivity index (χ2n) is 8.32. The van der Waals surface area contributed by atoms with Gasteiger partial charge in [-0.1, -0.05) is 25.7 Å². The monoisotopic (exact) mass is 340 g/mol. The first-order valence-corrected chi connectivity index (χ1v) is 9.65. The zero-order valence-electron chi connectivity index (χ0n) is 14.1. The predicted octanol–water partition coefficient (Wildman–Crippen LogP) is 1.61. The summed E-state index contributed by atoms with van der Waals surface area (Å²) in [6.45, 7) is -0.296. The molecule has 5 fully saturated rings. The van der Waals surface area contributed by atoms with E-state index in [1.165, 1.54) is 12.8 Å². The van der Waals surface area contributed by atoms with Crippen LogP contribution in [0.1, 0.15) is 64.2 Å². The molecule has 6 heteroatoms. The molecule has 5 rings (SSSR count). The van der Waals surface area contributed by atoms with Gasteiger partial charge in [0.2, 0.25) is 5.79 Å².